The fourth-order valence-corrected chi connectivity index (χ4v) is 2.25. The number of carbonyl (C=O) groups is 1. The molecule has 1 heterocycles. The summed E-state index contributed by atoms with van der Waals surface area (Å²) < 4.78 is 5.23. The first kappa shape index (κ1) is 20.4. The van der Waals surface area contributed by atoms with Gasteiger partial charge in [0.05, 0.1) is 12.1 Å². The number of amides is 1. The first-order valence-corrected chi connectivity index (χ1v) is 7.90. The van der Waals surface area contributed by atoms with E-state index in [-0.39, 0.29) is 24.4 Å². The van der Waals surface area contributed by atoms with Crippen molar-refractivity contribution >= 4 is 29.9 Å². The van der Waals surface area contributed by atoms with Crippen LogP contribution in [0.15, 0.2) is 28.8 Å². The van der Waals surface area contributed by atoms with E-state index in [1.165, 1.54) is 0 Å². The van der Waals surface area contributed by atoms with Crippen LogP contribution in [0.3, 0.4) is 0 Å². The molecule has 0 aliphatic heterocycles. The van der Waals surface area contributed by atoms with Gasteiger partial charge >= 0.3 is 0 Å². The van der Waals surface area contributed by atoms with Crippen LogP contribution in [0.25, 0.3) is 11.5 Å². The zero-order valence-corrected chi connectivity index (χ0v) is 15.4. The molecule has 2 aromatic rings. The van der Waals surface area contributed by atoms with E-state index in [9.17, 15) is 4.79 Å². The number of nitrogens with two attached hydrogens (primary N) is 1. The summed E-state index contributed by atoms with van der Waals surface area (Å²) in [5.74, 6) is 0.918. The quantitative estimate of drug-likeness (QED) is 0.810. The van der Waals surface area contributed by atoms with Crippen molar-refractivity contribution in [1.82, 2.24) is 15.5 Å². The molecule has 132 valence electrons. The smallest absolute Gasteiger partial charge is 0.257 e. The van der Waals surface area contributed by atoms with Gasteiger partial charge < -0.3 is 15.6 Å². The van der Waals surface area contributed by atoms with Crippen molar-refractivity contribution < 1.29 is 9.32 Å². The van der Waals surface area contributed by atoms with E-state index in [4.69, 9.17) is 21.9 Å². The van der Waals surface area contributed by atoms with Crippen molar-refractivity contribution in [3.63, 3.8) is 0 Å². The normalized spacial score (nSPS) is 13.2. The molecule has 24 heavy (non-hydrogen) atoms. The van der Waals surface area contributed by atoms with Crippen molar-refractivity contribution in [3.8, 4) is 11.5 Å². The lowest BCUT2D eigenvalue weighted by Crippen LogP contribution is -2.42. The molecule has 0 aliphatic carbocycles. The molecule has 2 atom stereocenters. The largest absolute Gasteiger partial charge is 0.345 e. The average molecular weight is 373 g/mol. The van der Waals surface area contributed by atoms with Gasteiger partial charge in [0.2, 0.25) is 5.91 Å². The zero-order valence-electron chi connectivity index (χ0n) is 13.8. The number of halogens is 2. The summed E-state index contributed by atoms with van der Waals surface area (Å²) in [5, 5.41) is 7.35. The molecule has 0 saturated heterocycles. The van der Waals surface area contributed by atoms with Crippen molar-refractivity contribution in [2.75, 3.05) is 0 Å². The Morgan fingerprint density at radius 1 is 1.29 bits per heavy atom. The summed E-state index contributed by atoms with van der Waals surface area (Å²) in [6.07, 6.45) is 0.626. The summed E-state index contributed by atoms with van der Waals surface area (Å²) in [5.41, 5.74) is 6.63. The van der Waals surface area contributed by atoms with Crippen LogP contribution in [0.2, 0.25) is 5.02 Å². The third-order valence-corrected chi connectivity index (χ3v) is 3.59. The topological polar surface area (TPSA) is 94.0 Å². The maximum Gasteiger partial charge on any atom is 0.257 e. The summed E-state index contributed by atoms with van der Waals surface area (Å²) in [6, 6.07) is 6.15. The molecule has 0 spiro atoms. The second-order valence-corrected chi connectivity index (χ2v) is 6.37. The zero-order chi connectivity index (χ0) is 17.0. The van der Waals surface area contributed by atoms with E-state index < -0.39 is 6.04 Å². The molecule has 0 fully saturated rings. The highest BCUT2D eigenvalue weighted by atomic mass is 35.5. The Hall–Kier alpha value is -1.63. The van der Waals surface area contributed by atoms with Crippen molar-refractivity contribution in [2.24, 2.45) is 11.7 Å². The summed E-state index contributed by atoms with van der Waals surface area (Å²) in [4.78, 5) is 16.3. The minimum atomic E-state index is -0.542. The van der Waals surface area contributed by atoms with E-state index in [0.29, 0.717) is 29.1 Å². The van der Waals surface area contributed by atoms with Gasteiger partial charge in [-0.05, 0) is 43.5 Å². The number of aromatic nitrogens is 2. The van der Waals surface area contributed by atoms with Crippen LogP contribution < -0.4 is 11.1 Å². The van der Waals surface area contributed by atoms with Crippen LogP contribution in [0.4, 0.5) is 0 Å². The number of carbonyl (C=O) groups excluding carboxylic acids is 1. The van der Waals surface area contributed by atoms with E-state index in [0.717, 1.165) is 5.56 Å². The predicted molar refractivity (Wildman–Crippen MR) is 96.0 cm³/mol. The van der Waals surface area contributed by atoms with Gasteiger partial charge in [-0.1, -0.05) is 30.6 Å². The molecule has 0 bridgehead atoms. The molecule has 1 unspecified atom stereocenters. The molecule has 6 nitrogen and oxygen atoms in total. The Balaban J connectivity index is 0.00000288. The molecular weight excluding hydrogens is 351 g/mol. The molecule has 0 aliphatic rings. The number of nitrogens with one attached hydrogen (secondary N) is 1. The van der Waals surface area contributed by atoms with Crippen LogP contribution >= 0.6 is 24.0 Å². The summed E-state index contributed by atoms with van der Waals surface area (Å²) >= 11 is 5.85. The van der Waals surface area contributed by atoms with E-state index in [1.54, 1.807) is 31.2 Å². The number of hydrogen-bond donors (Lipinski definition) is 2. The fraction of sp³-hybridized carbons (Fsp3) is 0.438. The molecule has 0 radical (unpaired) electrons. The van der Waals surface area contributed by atoms with Crippen LogP contribution in [0, 0.1) is 5.92 Å². The predicted octanol–water partition coefficient (Wildman–Crippen LogP) is 3.36. The first-order valence-electron chi connectivity index (χ1n) is 7.52. The second-order valence-electron chi connectivity index (χ2n) is 5.93. The molecule has 0 saturated carbocycles. The minimum absolute atomic E-state index is 0. The van der Waals surface area contributed by atoms with Crippen LogP contribution in [0.1, 0.15) is 39.1 Å². The highest BCUT2D eigenvalue weighted by molar-refractivity contribution is 6.30. The molecule has 8 heteroatoms. The Bertz CT molecular complexity index is 658. The molecule has 1 amide bonds. The minimum Gasteiger partial charge on any atom is -0.345 e. The lowest BCUT2D eigenvalue weighted by atomic mass is 10.0. The lowest BCUT2D eigenvalue weighted by molar-refractivity contribution is -0.123. The molecule has 1 aromatic carbocycles. The van der Waals surface area contributed by atoms with Crippen LogP contribution in [-0.2, 0) is 4.79 Å². The number of hydrogen-bond acceptors (Lipinski definition) is 5. The first-order chi connectivity index (χ1) is 10.9. The molecular formula is C16H22Cl2N4O2. The number of benzene rings is 1. The Kier molecular flexibility index (Phi) is 7.66. The highest BCUT2D eigenvalue weighted by Gasteiger charge is 2.21. The summed E-state index contributed by atoms with van der Waals surface area (Å²) in [7, 11) is 0. The SMILES string of the molecule is CC(C)C[C@H](N)C(=O)NC(C)c1noc(-c2ccc(Cl)cc2)n1.Cl. The van der Waals surface area contributed by atoms with Gasteiger partial charge in [-0.15, -0.1) is 12.4 Å². The number of nitrogens with zero attached hydrogens (tertiary/aromatic N) is 2. The van der Waals surface area contributed by atoms with Gasteiger partial charge in [0.15, 0.2) is 5.82 Å². The summed E-state index contributed by atoms with van der Waals surface area (Å²) in [6.45, 7) is 5.83. The Morgan fingerprint density at radius 2 is 1.92 bits per heavy atom. The van der Waals surface area contributed by atoms with Crippen molar-refractivity contribution in [3.05, 3.63) is 35.1 Å². The third-order valence-electron chi connectivity index (χ3n) is 3.34. The maximum atomic E-state index is 12.0. The van der Waals surface area contributed by atoms with Gasteiger partial charge in [0.25, 0.3) is 5.89 Å². The van der Waals surface area contributed by atoms with Crippen LogP contribution in [0.5, 0.6) is 0 Å². The molecule has 3 N–H and O–H groups in total. The second kappa shape index (κ2) is 9.01. The standard InChI is InChI=1S/C16H21ClN4O2.ClH/c1-9(2)8-13(18)15(22)19-10(3)14-20-16(23-21-14)11-4-6-12(17)7-5-11;/h4-7,9-10,13H,8,18H2,1-3H3,(H,19,22);1H/t10?,13-;/m0./s1. The average Bonchev–Trinajstić information content (AvgIpc) is 2.97. The lowest BCUT2D eigenvalue weighted by Gasteiger charge is -2.16. The highest BCUT2D eigenvalue weighted by Crippen LogP contribution is 2.21. The van der Waals surface area contributed by atoms with Gasteiger partial charge in [0, 0.05) is 10.6 Å². The fourth-order valence-electron chi connectivity index (χ4n) is 2.12. The van der Waals surface area contributed by atoms with Crippen molar-refractivity contribution in [2.45, 2.75) is 39.3 Å². The van der Waals surface area contributed by atoms with E-state index in [1.807, 2.05) is 13.8 Å². The third kappa shape index (κ3) is 5.47. The Morgan fingerprint density at radius 3 is 2.50 bits per heavy atom. The van der Waals surface area contributed by atoms with E-state index >= 15 is 0 Å². The Labute approximate surface area is 152 Å². The molecule has 1 aromatic heterocycles. The van der Waals surface area contributed by atoms with Gasteiger partial charge in [-0.2, -0.15) is 4.98 Å². The van der Waals surface area contributed by atoms with Gasteiger partial charge in [0.1, 0.15) is 0 Å². The van der Waals surface area contributed by atoms with Gasteiger partial charge in [-0.3, -0.25) is 4.79 Å². The van der Waals surface area contributed by atoms with Crippen LogP contribution in [-0.4, -0.2) is 22.1 Å². The molecule has 2 rings (SSSR count). The van der Waals surface area contributed by atoms with E-state index in [2.05, 4.69) is 15.5 Å². The van der Waals surface area contributed by atoms with Crippen molar-refractivity contribution in [1.29, 1.82) is 0 Å². The maximum absolute atomic E-state index is 12.0. The van der Waals surface area contributed by atoms with Gasteiger partial charge in [-0.25, -0.2) is 0 Å². The number of rotatable bonds is 6. The monoisotopic (exact) mass is 372 g/mol.